The van der Waals surface area contributed by atoms with Crippen LogP contribution in [0.1, 0.15) is 28.8 Å². The highest BCUT2D eigenvalue weighted by molar-refractivity contribution is 7.12. The van der Waals surface area contributed by atoms with Gasteiger partial charge < -0.3 is 10.5 Å². The van der Waals surface area contributed by atoms with E-state index in [0.29, 0.717) is 12.5 Å². The molecule has 1 heterocycles. The Morgan fingerprint density at radius 2 is 2.10 bits per heavy atom. The molecule has 1 atom stereocenters. The summed E-state index contributed by atoms with van der Waals surface area (Å²) in [5.74, 6) is 0.653. The number of hydrogen-bond donors (Lipinski definition) is 1. The zero-order chi connectivity index (χ0) is 13.9. The smallest absolute Gasteiger partial charge is 0.123 e. The average molecular weight is 288 g/mol. The van der Waals surface area contributed by atoms with E-state index < -0.39 is 0 Å². The third-order valence-electron chi connectivity index (χ3n) is 3.68. The molecular formula is C16H20N2OS. The molecule has 0 radical (unpaired) electrons. The normalized spacial score (nSPS) is 16.3. The number of methoxy groups -OCH3 is 1. The van der Waals surface area contributed by atoms with Gasteiger partial charge in [0.1, 0.15) is 11.1 Å². The van der Waals surface area contributed by atoms with Gasteiger partial charge in [0.15, 0.2) is 0 Å². The molecule has 106 valence electrons. The predicted octanol–water partition coefficient (Wildman–Crippen LogP) is 3.41. The van der Waals surface area contributed by atoms with E-state index in [4.69, 9.17) is 15.5 Å². The largest absolute Gasteiger partial charge is 0.374 e. The minimum Gasteiger partial charge on any atom is -0.374 e. The maximum absolute atomic E-state index is 5.75. The van der Waals surface area contributed by atoms with E-state index in [-0.39, 0.29) is 6.10 Å². The molecule has 0 bridgehead atoms. The molecular weight excluding hydrogens is 268 g/mol. The van der Waals surface area contributed by atoms with Crippen molar-refractivity contribution in [2.24, 2.45) is 11.7 Å². The fourth-order valence-corrected chi connectivity index (χ4v) is 3.78. The molecule has 3 nitrogen and oxygen atoms in total. The van der Waals surface area contributed by atoms with Gasteiger partial charge in [-0.2, -0.15) is 0 Å². The van der Waals surface area contributed by atoms with Crippen LogP contribution < -0.4 is 5.73 Å². The van der Waals surface area contributed by atoms with Gasteiger partial charge in [0.2, 0.25) is 0 Å². The Hall–Kier alpha value is -1.23. The van der Waals surface area contributed by atoms with Crippen LogP contribution in [0, 0.1) is 5.92 Å². The second-order valence-electron chi connectivity index (χ2n) is 5.22. The van der Waals surface area contributed by atoms with Crippen LogP contribution in [0.3, 0.4) is 0 Å². The number of nitrogens with two attached hydrogens (primary N) is 1. The Morgan fingerprint density at radius 3 is 2.70 bits per heavy atom. The van der Waals surface area contributed by atoms with E-state index in [0.717, 1.165) is 17.1 Å². The van der Waals surface area contributed by atoms with E-state index in [2.05, 4.69) is 24.3 Å². The van der Waals surface area contributed by atoms with Crippen molar-refractivity contribution in [3.05, 3.63) is 40.2 Å². The lowest BCUT2D eigenvalue weighted by atomic mass is 10.1. The SMILES string of the molecule is COC(c1nc(-c2ccccc2)c(CCN)s1)C1CC1. The van der Waals surface area contributed by atoms with Crippen LogP contribution >= 0.6 is 11.3 Å². The molecule has 2 N–H and O–H groups in total. The summed E-state index contributed by atoms with van der Waals surface area (Å²) >= 11 is 1.76. The summed E-state index contributed by atoms with van der Waals surface area (Å²) in [5, 5.41) is 1.11. The average Bonchev–Trinajstić information content (AvgIpc) is 3.22. The molecule has 1 aliphatic rings. The summed E-state index contributed by atoms with van der Waals surface area (Å²) in [7, 11) is 1.79. The second-order valence-corrected chi connectivity index (χ2v) is 6.34. The molecule has 3 rings (SSSR count). The summed E-state index contributed by atoms with van der Waals surface area (Å²) in [6.07, 6.45) is 3.55. The Morgan fingerprint density at radius 1 is 1.35 bits per heavy atom. The summed E-state index contributed by atoms with van der Waals surface area (Å²) in [4.78, 5) is 6.14. The fourth-order valence-electron chi connectivity index (χ4n) is 2.51. The lowest BCUT2D eigenvalue weighted by Crippen LogP contribution is -2.02. The molecule has 1 fully saturated rings. The van der Waals surface area contributed by atoms with Crippen LogP contribution in [0.25, 0.3) is 11.3 Å². The molecule has 1 aliphatic carbocycles. The Bertz CT molecular complexity index is 563. The third kappa shape index (κ3) is 2.77. The first-order chi connectivity index (χ1) is 9.83. The van der Waals surface area contributed by atoms with Crippen LogP contribution in [0.2, 0.25) is 0 Å². The van der Waals surface area contributed by atoms with Gasteiger partial charge >= 0.3 is 0 Å². The fraction of sp³-hybridized carbons (Fsp3) is 0.438. The first-order valence-corrected chi connectivity index (χ1v) is 7.93. The van der Waals surface area contributed by atoms with E-state index in [1.165, 1.54) is 23.3 Å². The number of thiazole rings is 1. The molecule has 20 heavy (non-hydrogen) atoms. The van der Waals surface area contributed by atoms with Crippen LogP contribution in [-0.4, -0.2) is 18.6 Å². The summed E-state index contributed by atoms with van der Waals surface area (Å²) in [6, 6.07) is 10.3. The molecule has 4 heteroatoms. The summed E-state index contributed by atoms with van der Waals surface area (Å²) in [5.41, 5.74) is 8.00. The van der Waals surface area contributed by atoms with Crippen molar-refractivity contribution in [1.29, 1.82) is 0 Å². The molecule has 1 saturated carbocycles. The van der Waals surface area contributed by atoms with Gasteiger partial charge in [0, 0.05) is 17.6 Å². The summed E-state index contributed by atoms with van der Waals surface area (Å²) in [6.45, 7) is 0.655. The van der Waals surface area contributed by atoms with Crippen molar-refractivity contribution in [1.82, 2.24) is 4.98 Å². The standard InChI is InChI=1S/C16H20N2OS/c1-19-15(12-7-8-12)16-18-14(13(20-16)9-10-17)11-5-3-2-4-6-11/h2-6,12,15H,7-10,17H2,1H3. The molecule has 0 saturated heterocycles. The van der Waals surface area contributed by atoms with Crippen molar-refractivity contribution in [3.8, 4) is 11.3 Å². The first-order valence-electron chi connectivity index (χ1n) is 7.11. The minimum atomic E-state index is 0.161. The molecule has 1 aromatic heterocycles. The highest BCUT2D eigenvalue weighted by atomic mass is 32.1. The highest BCUT2D eigenvalue weighted by Crippen LogP contribution is 2.45. The lowest BCUT2D eigenvalue weighted by Gasteiger charge is -2.10. The number of hydrogen-bond acceptors (Lipinski definition) is 4. The zero-order valence-electron chi connectivity index (χ0n) is 11.7. The third-order valence-corrected chi connectivity index (χ3v) is 4.86. The monoisotopic (exact) mass is 288 g/mol. The molecule has 1 aromatic carbocycles. The van der Waals surface area contributed by atoms with Gasteiger partial charge in [-0.3, -0.25) is 0 Å². The van der Waals surface area contributed by atoms with Gasteiger partial charge in [-0.05, 0) is 31.7 Å². The quantitative estimate of drug-likeness (QED) is 0.886. The number of ether oxygens (including phenoxy) is 1. The highest BCUT2D eigenvalue weighted by Gasteiger charge is 2.35. The van der Waals surface area contributed by atoms with E-state index in [1.54, 1.807) is 18.4 Å². The topological polar surface area (TPSA) is 48.1 Å². The molecule has 2 aromatic rings. The van der Waals surface area contributed by atoms with Crippen molar-refractivity contribution >= 4 is 11.3 Å². The Balaban J connectivity index is 1.97. The predicted molar refractivity (Wildman–Crippen MR) is 82.8 cm³/mol. The molecule has 0 aliphatic heterocycles. The number of nitrogens with zero attached hydrogens (tertiary/aromatic N) is 1. The molecule has 1 unspecified atom stereocenters. The maximum Gasteiger partial charge on any atom is 0.123 e. The van der Waals surface area contributed by atoms with Gasteiger partial charge in [0.05, 0.1) is 5.69 Å². The summed E-state index contributed by atoms with van der Waals surface area (Å²) < 4.78 is 5.66. The number of aromatic nitrogens is 1. The van der Waals surface area contributed by atoms with Crippen LogP contribution in [-0.2, 0) is 11.2 Å². The van der Waals surface area contributed by atoms with Gasteiger partial charge in [-0.1, -0.05) is 30.3 Å². The van der Waals surface area contributed by atoms with Crippen molar-refractivity contribution in [3.63, 3.8) is 0 Å². The van der Waals surface area contributed by atoms with Crippen LogP contribution in [0.5, 0.6) is 0 Å². The maximum atomic E-state index is 5.75. The second kappa shape index (κ2) is 6.04. The van der Waals surface area contributed by atoms with Gasteiger partial charge in [-0.15, -0.1) is 11.3 Å². The van der Waals surface area contributed by atoms with Crippen LogP contribution in [0.15, 0.2) is 30.3 Å². The van der Waals surface area contributed by atoms with Crippen molar-refractivity contribution < 1.29 is 4.74 Å². The van der Waals surface area contributed by atoms with Crippen molar-refractivity contribution in [2.45, 2.75) is 25.4 Å². The Labute approximate surface area is 123 Å². The molecule has 0 spiro atoms. The minimum absolute atomic E-state index is 0.161. The lowest BCUT2D eigenvalue weighted by molar-refractivity contribution is 0.0844. The number of rotatable bonds is 6. The first kappa shape index (κ1) is 13.7. The molecule has 0 amide bonds. The van der Waals surface area contributed by atoms with E-state index in [1.807, 2.05) is 6.07 Å². The van der Waals surface area contributed by atoms with Crippen LogP contribution in [0.4, 0.5) is 0 Å². The van der Waals surface area contributed by atoms with Gasteiger partial charge in [-0.25, -0.2) is 4.98 Å². The van der Waals surface area contributed by atoms with Crippen molar-refractivity contribution in [2.75, 3.05) is 13.7 Å². The van der Waals surface area contributed by atoms with E-state index >= 15 is 0 Å². The zero-order valence-corrected chi connectivity index (χ0v) is 12.5. The number of benzene rings is 1. The van der Waals surface area contributed by atoms with E-state index in [9.17, 15) is 0 Å². The van der Waals surface area contributed by atoms with Gasteiger partial charge in [0.25, 0.3) is 0 Å². The Kier molecular flexibility index (Phi) is 4.15.